The minimum atomic E-state index is 0.593. The summed E-state index contributed by atoms with van der Waals surface area (Å²) >= 11 is 0. The zero-order chi connectivity index (χ0) is 14.3. The second-order valence-corrected chi connectivity index (χ2v) is 5.15. The summed E-state index contributed by atoms with van der Waals surface area (Å²) in [5, 5.41) is 3.46. The highest BCUT2D eigenvalue weighted by atomic mass is 15.1. The van der Waals surface area contributed by atoms with Crippen molar-refractivity contribution in [1.29, 1.82) is 0 Å². The van der Waals surface area contributed by atoms with Gasteiger partial charge in [0, 0.05) is 18.5 Å². The lowest BCUT2D eigenvalue weighted by atomic mass is 9.99. The first-order valence-electron chi connectivity index (χ1n) is 7.49. The number of nitrogens with one attached hydrogen (secondary N) is 1. The Morgan fingerprint density at radius 3 is 2.53 bits per heavy atom. The van der Waals surface area contributed by atoms with Gasteiger partial charge in [-0.15, -0.1) is 0 Å². The molecule has 4 heteroatoms. The van der Waals surface area contributed by atoms with Gasteiger partial charge in [0.1, 0.15) is 17.5 Å². The molecule has 4 nitrogen and oxygen atoms in total. The summed E-state index contributed by atoms with van der Waals surface area (Å²) in [5.74, 6) is 3.02. The van der Waals surface area contributed by atoms with Crippen molar-refractivity contribution in [3.63, 3.8) is 0 Å². The standard InChI is InChI=1S/C15H28N4/c1-5-8-9-12(6-2)10-17-15-11(4)14(16)18-13(7-3)19-15/h12H,5-10H2,1-4H3,(H3,16,17,18,19). The second-order valence-electron chi connectivity index (χ2n) is 5.15. The second kappa shape index (κ2) is 7.97. The van der Waals surface area contributed by atoms with E-state index < -0.39 is 0 Å². The van der Waals surface area contributed by atoms with E-state index in [0.29, 0.717) is 11.7 Å². The quantitative estimate of drug-likeness (QED) is 0.753. The maximum absolute atomic E-state index is 5.93. The van der Waals surface area contributed by atoms with Crippen LogP contribution in [0.1, 0.15) is 57.8 Å². The Bertz CT molecular complexity index is 390. The zero-order valence-electron chi connectivity index (χ0n) is 12.8. The van der Waals surface area contributed by atoms with Gasteiger partial charge in [-0.05, 0) is 19.3 Å². The minimum absolute atomic E-state index is 0.593. The van der Waals surface area contributed by atoms with Crippen LogP contribution in [0.15, 0.2) is 0 Å². The molecule has 1 aromatic heterocycles. The first kappa shape index (κ1) is 15.7. The van der Waals surface area contributed by atoms with Crippen molar-refractivity contribution >= 4 is 11.6 Å². The summed E-state index contributed by atoms with van der Waals surface area (Å²) in [6.07, 6.45) is 5.85. The van der Waals surface area contributed by atoms with Crippen LogP contribution in [0.4, 0.5) is 11.6 Å². The van der Waals surface area contributed by atoms with Gasteiger partial charge in [-0.3, -0.25) is 0 Å². The number of anilines is 2. The van der Waals surface area contributed by atoms with Crippen LogP contribution in [0, 0.1) is 12.8 Å². The predicted octanol–water partition coefficient (Wildman–Crippen LogP) is 3.56. The summed E-state index contributed by atoms with van der Waals surface area (Å²) in [4.78, 5) is 8.81. The van der Waals surface area contributed by atoms with E-state index in [0.717, 1.165) is 30.2 Å². The fourth-order valence-corrected chi connectivity index (χ4v) is 2.10. The molecule has 0 bridgehead atoms. The van der Waals surface area contributed by atoms with Gasteiger partial charge < -0.3 is 11.1 Å². The molecule has 1 rings (SSSR count). The summed E-state index contributed by atoms with van der Waals surface area (Å²) in [7, 11) is 0. The summed E-state index contributed by atoms with van der Waals surface area (Å²) < 4.78 is 0. The van der Waals surface area contributed by atoms with Crippen LogP contribution >= 0.6 is 0 Å². The molecule has 19 heavy (non-hydrogen) atoms. The van der Waals surface area contributed by atoms with Crippen LogP contribution in [0.2, 0.25) is 0 Å². The number of rotatable bonds is 8. The van der Waals surface area contributed by atoms with E-state index in [1.165, 1.54) is 25.7 Å². The molecule has 3 N–H and O–H groups in total. The molecule has 0 aliphatic rings. The third kappa shape index (κ3) is 4.69. The fourth-order valence-electron chi connectivity index (χ4n) is 2.10. The van der Waals surface area contributed by atoms with Gasteiger partial charge in [0.05, 0.1) is 0 Å². The molecule has 0 spiro atoms. The highest BCUT2D eigenvalue weighted by Gasteiger charge is 2.10. The van der Waals surface area contributed by atoms with E-state index in [4.69, 9.17) is 5.73 Å². The van der Waals surface area contributed by atoms with E-state index >= 15 is 0 Å². The molecule has 1 heterocycles. The number of nitrogens with two attached hydrogens (primary N) is 1. The van der Waals surface area contributed by atoms with Gasteiger partial charge in [0.15, 0.2) is 0 Å². The van der Waals surface area contributed by atoms with Crippen molar-refractivity contribution in [2.24, 2.45) is 5.92 Å². The van der Waals surface area contributed by atoms with Gasteiger partial charge in [-0.2, -0.15) is 0 Å². The maximum Gasteiger partial charge on any atom is 0.134 e. The molecule has 0 radical (unpaired) electrons. The Labute approximate surface area is 117 Å². The Morgan fingerprint density at radius 2 is 1.95 bits per heavy atom. The topological polar surface area (TPSA) is 63.8 Å². The van der Waals surface area contributed by atoms with Crippen molar-refractivity contribution < 1.29 is 0 Å². The normalized spacial score (nSPS) is 12.4. The lowest BCUT2D eigenvalue weighted by Crippen LogP contribution is -2.16. The van der Waals surface area contributed by atoms with Crippen molar-refractivity contribution in [1.82, 2.24) is 9.97 Å². The third-order valence-corrected chi connectivity index (χ3v) is 3.65. The van der Waals surface area contributed by atoms with Crippen LogP contribution in [0.25, 0.3) is 0 Å². The number of unbranched alkanes of at least 4 members (excludes halogenated alkanes) is 1. The lowest BCUT2D eigenvalue weighted by Gasteiger charge is -2.17. The fraction of sp³-hybridized carbons (Fsp3) is 0.733. The number of aryl methyl sites for hydroxylation is 1. The Morgan fingerprint density at radius 1 is 1.21 bits per heavy atom. The van der Waals surface area contributed by atoms with Crippen molar-refractivity contribution in [3.05, 3.63) is 11.4 Å². The smallest absolute Gasteiger partial charge is 0.134 e. The minimum Gasteiger partial charge on any atom is -0.383 e. The largest absolute Gasteiger partial charge is 0.383 e. The van der Waals surface area contributed by atoms with Gasteiger partial charge in [0.25, 0.3) is 0 Å². The molecule has 1 unspecified atom stereocenters. The molecule has 0 saturated carbocycles. The van der Waals surface area contributed by atoms with E-state index in [9.17, 15) is 0 Å². The molecule has 1 aromatic rings. The molecule has 0 amide bonds. The Kier molecular flexibility index (Phi) is 6.60. The highest BCUT2D eigenvalue weighted by Crippen LogP contribution is 2.19. The van der Waals surface area contributed by atoms with Crippen molar-refractivity contribution in [3.8, 4) is 0 Å². The summed E-state index contributed by atoms with van der Waals surface area (Å²) in [6, 6.07) is 0. The van der Waals surface area contributed by atoms with Crippen molar-refractivity contribution in [2.45, 2.75) is 59.8 Å². The molecule has 108 valence electrons. The molecule has 0 aliphatic carbocycles. The summed E-state index contributed by atoms with van der Waals surface area (Å²) in [6.45, 7) is 9.48. The van der Waals surface area contributed by atoms with Crippen LogP contribution in [0.3, 0.4) is 0 Å². The highest BCUT2D eigenvalue weighted by molar-refractivity contribution is 5.54. The van der Waals surface area contributed by atoms with Gasteiger partial charge in [-0.25, -0.2) is 9.97 Å². The third-order valence-electron chi connectivity index (χ3n) is 3.65. The Balaban J connectivity index is 2.67. The molecule has 0 aliphatic heterocycles. The number of nitrogen functional groups attached to an aromatic ring is 1. The van der Waals surface area contributed by atoms with Crippen LogP contribution in [-0.4, -0.2) is 16.5 Å². The van der Waals surface area contributed by atoms with Crippen molar-refractivity contribution in [2.75, 3.05) is 17.6 Å². The predicted molar refractivity (Wildman–Crippen MR) is 82.4 cm³/mol. The number of nitrogens with zero attached hydrogens (tertiary/aromatic N) is 2. The molecule has 0 fully saturated rings. The molecular formula is C15H28N4. The van der Waals surface area contributed by atoms with Gasteiger partial charge >= 0.3 is 0 Å². The average molecular weight is 264 g/mol. The van der Waals surface area contributed by atoms with E-state index in [1.807, 2.05) is 13.8 Å². The number of aromatic nitrogens is 2. The van der Waals surface area contributed by atoms with E-state index in [-0.39, 0.29) is 0 Å². The van der Waals surface area contributed by atoms with E-state index in [1.54, 1.807) is 0 Å². The summed E-state index contributed by atoms with van der Waals surface area (Å²) in [5.41, 5.74) is 6.89. The first-order valence-corrected chi connectivity index (χ1v) is 7.49. The zero-order valence-corrected chi connectivity index (χ0v) is 12.8. The molecule has 0 saturated heterocycles. The number of hydrogen-bond acceptors (Lipinski definition) is 4. The van der Waals surface area contributed by atoms with Gasteiger partial charge in [0.2, 0.25) is 0 Å². The van der Waals surface area contributed by atoms with Crippen LogP contribution in [-0.2, 0) is 6.42 Å². The van der Waals surface area contributed by atoms with Crippen LogP contribution < -0.4 is 11.1 Å². The maximum atomic E-state index is 5.93. The SMILES string of the molecule is CCCCC(CC)CNc1nc(CC)nc(N)c1C. The van der Waals surface area contributed by atoms with E-state index in [2.05, 4.69) is 29.1 Å². The first-order chi connectivity index (χ1) is 9.12. The average Bonchev–Trinajstić information content (AvgIpc) is 2.43. The van der Waals surface area contributed by atoms with Gasteiger partial charge in [-0.1, -0.05) is 40.0 Å². The lowest BCUT2D eigenvalue weighted by molar-refractivity contribution is 0.472. The van der Waals surface area contributed by atoms with Crippen LogP contribution in [0.5, 0.6) is 0 Å². The Hall–Kier alpha value is -1.32. The number of hydrogen-bond donors (Lipinski definition) is 2. The molecule has 0 aromatic carbocycles. The monoisotopic (exact) mass is 264 g/mol. The molecular weight excluding hydrogens is 236 g/mol. The molecule has 1 atom stereocenters.